The molecule has 0 aromatic heterocycles. The molecule has 1 fully saturated rings. The van der Waals surface area contributed by atoms with Gasteiger partial charge in [-0.15, -0.1) is 0 Å². The molecule has 0 radical (unpaired) electrons. The molecule has 2 amide bonds. The number of imide groups is 1. The minimum Gasteiger partial charge on any atom is -0.494 e. The largest absolute Gasteiger partial charge is 0.494 e. The molecule has 0 saturated carbocycles. The van der Waals surface area contributed by atoms with Crippen molar-refractivity contribution in [3.63, 3.8) is 0 Å². The predicted octanol–water partition coefficient (Wildman–Crippen LogP) is 4.47. The van der Waals surface area contributed by atoms with Crippen LogP contribution in [0.25, 0.3) is 6.08 Å². The van der Waals surface area contributed by atoms with E-state index >= 15 is 0 Å². The summed E-state index contributed by atoms with van der Waals surface area (Å²) in [6.45, 7) is 2.47. The maximum atomic E-state index is 13.9. The number of benzene rings is 2. The second-order valence-corrected chi connectivity index (χ2v) is 5.96. The Kier molecular flexibility index (Phi) is 4.66. The molecule has 0 aliphatic carbocycles. The van der Waals surface area contributed by atoms with Gasteiger partial charge in [-0.05, 0) is 54.6 Å². The van der Waals surface area contributed by atoms with Crippen molar-refractivity contribution in [2.24, 2.45) is 0 Å². The van der Waals surface area contributed by atoms with Crippen molar-refractivity contribution in [1.82, 2.24) is 0 Å². The third-order valence-corrected chi connectivity index (χ3v) is 4.25. The summed E-state index contributed by atoms with van der Waals surface area (Å²) in [6.07, 6.45) is 1.61. The Morgan fingerprint density at radius 3 is 2.50 bits per heavy atom. The molecule has 122 valence electrons. The number of carbonyl (C=O) groups excluding carboxylic acids is 2. The van der Waals surface area contributed by atoms with Crippen molar-refractivity contribution in [3.05, 3.63) is 64.8 Å². The summed E-state index contributed by atoms with van der Waals surface area (Å²) in [7, 11) is 0. The average Bonchev–Trinajstić information content (AvgIpc) is 2.84. The Hall–Kier alpha value is -2.60. The van der Waals surface area contributed by atoms with E-state index in [-0.39, 0.29) is 10.6 Å². The quantitative estimate of drug-likeness (QED) is 0.769. The summed E-state index contributed by atoms with van der Waals surface area (Å²) in [5.41, 5.74) is 0.729. The van der Waals surface area contributed by atoms with Crippen LogP contribution in [-0.4, -0.2) is 17.8 Å². The molecule has 2 aromatic rings. The van der Waals surface area contributed by atoms with E-state index < -0.39 is 17.0 Å². The van der Waals surface area contributed by atoms with Crippen LogP contribution in [0.4, 0.5) is 14.9 Å². The van der Waals surface area contributed by atoms with Crippen LogP contribution in [0.2, 0.25) is 0 Å². The number of halogens is 1. The van der Waals surface area contributed by atoms with Crippen LogP contribution in [0, 0.1) is 5.82 Å². The molecule has 24 heavy (non-hydrogen) atoms. The van der Waals surface area contributed by atoms with Gasteiger partial charge in [0.1, 0.15) is 11.6 Å². The molecule has 2 aromatic carbocycles. The standard InChI is InChI=1S/C18H14FNO3S/c1-2-23-13-9-7-12(8-10-13)11-16-17(21)20(18(22)24-16)15-6-4-3-5-14(15)19/h3-11H,2H2,1H3/b16-11-. The molecule has 4 nitrogen and oxygen atoms in total. The van der Waals surface area contributed by atoms with E-state index in [1.54, 1.807) is 36.4 Å². The highest BCUT2D eigenvalue weighted by Crippen LogP contribution is 2.36. The lowest BCUT2D eigenvalue weighted by molar-refractivity contribution is -0.113. The van der Waals surface area contributed by atoms with Gasteiger partial charge < -0.3 is 4.74 Å². The Bertz CT molecular complexity index is 817. The van der Waals surface area contributed by atoms with Crippen LogP contribution in [0.1, 0.15) is 12.5 Å². The summed E-state index contributed by atoms with van der Waals surface area (Å²) in [5, 5.41) is -0.512. The van der Waals surface area contributed by atoms with E-state index in [4.69, 9.17) is 4.74 Å². The summed E-state index contributed by atoms with van der Waals surface area (Å²) in [6, 6.07) is 12.9. The summed E-state index contributed by atoms with van der Waals surface area (Å²) >= 11 is 0.795. The second kappa shape index (κ2) is 6.88. The first-order valence-electron chi connectivity index (χ1n) is 7.35. The molecular weight excluding hydrogens is 329 g/mol. The van der Waals surface area contributed by atoms with E-state index in [1.165, 1.54) is 18.2 Å². The van der Waals surface area contributed by atoms with Gasteiger partial charge in [-0.25, -0.2) is 9.29 Å². The number of anilines is 1. The minimum atomic E-state index is -0.609. The van der Waals surface area contributed by atoms with Crippen LogP contribution < -0.4 is 9.64 Å². The van der Waals surface area contributed by atoms with Crippen molar-refractivity contribution in [2.45, 2.75) is 6.92 Å². The van der Waals surface area contributed by atoms with Crippen LogP contribution in [-0.2, 0) is 4.79 Å². The molecule has 0 N–H and O–H groups in total. The molecule has 1 saturated heterocycles. The number of hydrogen-bond donors (Lipinski definition) is 0. The average molecular weight is 343 g/mol. The molecule has 3 rings (SSSR count). The lowest BCUT2D eigenvalue weighted by Crippen LogP contribution is -2.28. The predicted molar refractivity (Wildman–Crippen MR) is 92.5 cm³/mol. The third-order valence-electron chi connectivity index (χ3n) is 3.38. The van der Waals surface area contributed by atoms with E-state index in [2.05, 4.69) is 0 Å². The number of nitrogens with zero attached hydrogens (tertiary/aromatic N) is 1. The fraction of sp³-hybridized carbons (Fsp3) is 0.111. The fourth-order valence-corrected chi connectivity index (χ4v) is 3.12. The maximum Gasteiger partial charge on any atom is 0.298 e. The van der Waals surface area contributed by atoms with Crippen molar-refractivity contribution < 1.29 is 18.7 Å². The van der Waals surface area contributed by atoms with E-state index in [0.717, 1.165) is 28.0 Å². The molecule has 0 bridgehead atoms. The summed E-state index contributed by atoms with van der Waals surface area (Å²) in [4.78, 5) is 25.7. The van der Waals surface area contributed by atoms with E-state index in [9.17, 15) is 14.0 Å². The van der Waals surface area contributed by atoms with Crippen molar-refractivity contribution in [1.29, 1.82) is 0 Å². The van der Waals surface area contributed by atoms with Gasteiger partial charge in [0.05, 0.1) is 17.2 Å². The van der Waals surface area contributed by atoms with Gasteiger partial charge in [-0.1, -0.05) is 24.3 Å². The number of amides is 2. The fourth-order valence-electron chi connectivity index (χ4n) is 2.29. The van der Waals surface area contributed by atoms with Crippen LogP contribution in [0.5, 0.6) is 5.75 Å². The third kappa shape index (κ3) is 3.19. The molecule has 1 aliphatic rings. The molecule has 0 spiro atoms. The number of ether oxygens (including phenoxy) is 1. The monoisotopic (exact) mass is 343 g/mol. The SMILES string of the molecule is CCOc1ccc(/C=C2\SC(=O)N(c3ccccc3F)C2=O)cc1. The zero-order valence-electron chi connectivity index (χ0n) is 12.9. The van der Waals surface area contributed by atoms with Crippen molar-refractivity contribution in [2.75, 3.05) is 11.5 Å². The molecular formula is C18H14FNO3S. The van der Waals surface area contributed by atoms with Gasteiger partial charge in [0.2, 0.25) is 0 Å². The van der Waals surface area contributed by atoms with Gasteiger partial charge in [0.15, 0.2) is 0 Å². The van der Waals surface area contributed by atoms with E-state index in [0.29, 0.717) is 6.61 Å². The minimum absolute atomic E-state index is 0.0323. The topological polar surface area (TPSA) is 46.6 Å². The van der Waals surface area contributed by atoms with E-state index in [1.807, 2.05) is 6.92 Å². The lowest BCUT2D eigenvalue weighted by Gasteiger charge is -2.12. The highest BCUT2D eigenvalue weighted by atomic mass is 32.2. The smallest absolute Gasteiger partial charge is 0.298 e. The van der Waals surface area contributed by atoms with Gasteiger partial charge in [0.25, 0.3) is 11.1 Å². The second-order valence-electron chi connectivity index (χ2n) is 4.97. The first kappa shape index (κ1) is 16.3. The van der Waals surface area contributed by atoms with Crippen LogP contribution >= 0.6 is 11.8 Å². The van der Waals surface area contributed by atoms with Gasteiger partial charge in [0, 0.05) is 0 Å². The lowest BCUT2D eigenvalue weighted by atomic mass is 10.2. The molecule has 6 heteroatoms. The molecule has 1 heterocycles. The number of hydrogen-bond acceptors (Lipinski definition) is 4. The number of carbonyl (C=O) groups is 2. The van der Waals surface area contributed by atoms with Crippen molar-refractivity contribution >= 4 is 34.7 Å². The normalized spacial score (nSPS) is 16.1. The first-order valence-corrected chi connectivity index (χ1v) is 8.17. The Balaban J connectivity index is 1.87. The zero-order valence-corrected chi connectivity index (χ0v) is 13.7. The Morgan fingerprint density at radius 1 is 1.12 bits per heavy atom. The molecule has 1 aliphatic heterocycles. The number of para-hydroxylation sites is 1. The van der Waals surface area contributed by atoms with Crippen molar-refractivity contribution in [3.8, 4) is 5.75 Å². The zero-order chi connectivity index (χ0) is 17.1. The number of thioether (sulfide) groups is 1. The highest BCUT2D eigenvalue weighted by Gasteiger charge is 2.37. The van der Waals surface area contributed by atoms with Gasteiger partial charge in [-0.3, -0.25) is 9.59 Å². The summed E-state index contributed by atoms with van der Waals surface area (Å²) < 4.78 is 19.2. The molecule has 0 unspecified atom stereocenters. The maximum absolute atomic E-state index is 13.9. The number of rotatable bonds is 4. The van der Waals surface area contributed by atoms with Crippen LogP contribution in [0.3, 0.4) is 0 Å². The Morgan fingerprint density at radius 2 is 1.83 bits per heavy atom. The summed E-state index contributed by atoms with van der Waals surface area (Å²) in [5.74, 6) is -0.403. The Labute approximate surface area is 142 Å². The van der Waals surface area contributed by atoms with Gasteiger partial charge in [-0.2, -0.15) is 0 Å². The molecule has 0 atom stereocenters. The first-order chi connectivity index (χ1) is 11.6. The van der Waals surface area contributed by atoms with Gasteiger partial charge >= 0.3 is 0 Å². The van der Waals surface area contributed by atoms with Crippen LogP contribution in [0.15, 0.2) is 53.4 Å². The highest BCUT2D eigenvalue weighted by molar-refractivity contribution is 8.19.